The molecule has 3 aliphatic rings. The maximum Gasteiger partial charge on any atom is 0.337 e. The first-order chi connectivity index (χ1) is 34.4. The SMILES string of the molecule is CC#N.CC1CC=[NH+]CC1.COC(=O)c1ccc(F)c(OC)c1.COC(=O)c1ccc(N2CCC(C)CC2)c(OC)c1.COc1cc(C(=O)O)ccc1F.COc1cc(C(=O)O)ccc1N1CCC(C)CC1. The van der Waals surface area contributed by atoms with Crippen molar-refractivity contribution in [2.75, 3.05) is 85.2 Å². The Morgan fingerprint density at radius 3 is 1.21 bits per heavy atom. The van der Waals surface area contributed by atoms with Gasteiger partial charge in [0.2, 0.25) is 0 Å². The van der Waals surface area contributed by atoms with Crippen LogP contribution in [0.5, 0.6) is 23.0 Å². The van der Waals surface area contributed by atoms with Crippen LogP contribution in [-0.2, 0) is 9.47 Å². The van der Waals surface area contributed by atoms with E-state index in [9.17, 15) is 28.0 Å². The Balaban J connectivity index is 0.000000313. The zero-order valence-corrected chi connectivity index (χ0v) is 43.1. The summed E-state index contributed by atoms with van der Waals surface area (Å²) in [5.74, 6) is -0.128. The zero-order valence-electron chi connectivity index (χ0n) is 43.1. The van der Waals surface area contributed by atoms with Crippen molar-refractivity contribution in [3.63, 3.8) is 0 Å². The first-order valence-electron chi connectivity index (χ1n) is 23.4. The van der Waals surface area contributed by atoms with Gasteiger partial charge in [0.05, 0.1) is 82.4 Å². The number of esters is 2. The molecule has 3 heterocycles. The summed E-state index contributed by atoms with van der Waals surface area (Å²) in [4.78, 5) is 51.6. The topological polar surface area (TPSA) is 208 Å². The molecule has 3 N–H and O–H groups in total. The molecule has 0 saturated carbocycles. The predicted molar refractivity (Wildman–Crippen MR) is 271 cm³/mol. The van der Waals surface area contributed by atoms with Crippen LogP contribution >= 0.6 is 0 Å². The fourth-order valence-corrected chi connectivity index (χ4v) is 7.29. The molecule has 2 fully saturated rings. The van der Waals surface area contributed by atoms with Crippen LogP contribution in [0.25, 0.3) is 0 Å². The number of ether oxygens (including phenoxy) is 6. The Morgan fingerprint density at radius 2 is 0.889 bits per heavy atom. The van der Waals surface area contributed by atoms with Gasteiger partial charge in [-0.3, -0.25) is 4.99 Å². The van der Waals surface area contributed by atoms with Crippen LogP contribution in [0.4, 0.5) is 20.2 Å². The summed E-state index contributed by atoms with van der Waals surface area (Å²) in [6, 6.07) is 19.5. The van der Waals surface area contributed by atoms with Crippen LogP contribution in [0, 0.1) is 40.7 Å². The van der Waals surface area contributed by atoms with Gasteiger partial charge in [0.25, 0.3) is 0 Å². The second kappa shape index (κ2) is 32.5. The van der Waals surface area contributed by atoms with Gasteiger partial charge in [0.15, 0.2) is 23.1 Å². The monoisotopic (exact) mass is 1010 g/mol. The van der Waals surface area contributed by atoms with Gasteiger partial charge in [-0.1, -0.05) is 20.8 Å². The second-order valence-corrected chi connectivity index (χ2v) is 16.9. The Bertz CT molecular complexity index is 2410. The molecule has 4 aromatic carbocycles. The van der Waals surface area contributed by atoms with Crippen molar-refractivity contribution in [1.82, 2.24) is 0 Å². The third-order valence-corrected chi connectivity index (χ3v) is 11.7. The minimum Gasteiger partial charge on any atom is -0.495 e. The lowest BCUT2D eigenvalue weighted by Crippen LogP contribution is -2.71. The summed E-state index contributed by atoms with van der Waals surface area (Å²) in [6.45, 7) is 13.5. The molecule has 1 unspecified atom stereocenters. The van der Waals surface area contributed by atoms with E-state index in [1.54, 1.807) is 44.6 Å². The number of rotatable bonds is 10. The molecule has 2 saturated heterocycles. The van der Waals surface area contributed by atoms with E-state index in [0.29, 0.717) is 11.3 Å². The van der Waals surface area contributed by atoms with Gasteiger partial charge >= 0.3 is 23.9 Å². The molecule has 1 atom stereocenters. The van der Waals surface area contributed by atoms with E-state index in [2.05, 4.69) is 51.3 Å². The molecule has 0 bridgehead atoms. The molecule has 0 amide bonds. The van der Waals surface area contributed by atoms with Crippen LogP contribution in [0.2, 0.25) is 0 Å². The standard InChI is InChI=1S/C15H21NO3.C14H19NO3.C9H9FO3.C8H7FO3.C6H11N.C2H3N/c1-11-6-8-16(9-7-11)13-5-4-12(15(17)19-3)10-14(13)18-2;1-10-5-7-15(8-6-10)12-4-3-11(14(16)17)9-13(12)18-2;1-12-8-5-6(9(11)13-2)3-4-7(8)10;1-12-7-4-5(8(10)11)2-3-6(7)9;1-6-2-4-7-5-3-6;1-2-3/h4-5,10-11H,6-9H2,1-3H3;3-4,9-10H,5-8H2,1-2H3,(H,16,17);3-5H,1-2H3;2-4H,1H3,(H,10,11);4,6H,2-3,5H2,1H3;1H3/p+1. The highest BCUT2D eigenvalue weighted by Crippen LogP contribution is 2.34. The molecule has 16 nitrogen and oxygen atoms in total. The van der Waals surface area contributed by atoms with Crippen LogP contribution in [0.15, 0.2) is 72.8 Å². The Morgan fingerprint density at radius 1 is 0.556 bits per heavy atom. The van der Waals surface area contributed by atoms with E-state index in [1.165, 1.54) is 98.6 Å². The molecule has 0 aliphatic carbocycles. The van der Waals surface area contributed by atoms with E-state index < -0.39 is 29.5 Å². The Labute approximate surface area is 422 Å². The Kier molecular flexibility index (Phi) is 27.4. The summed E-state index contributed by atoms with van der Waals surface area (Å²) in [5, 5.41) is 24.8. The summed E-state index contributed by atoms with van der Waals surface area (Å²) >= 11 is 0. The summed E-state index contributed by atoms with van der Waals surface area (Å²) in [6.07, 6.45) is 9.49. The van der Waals surface area contributed by atoms with E-state index in [0.717, 1.165) is 79.3 Å². The number of hydrogen-bond acceptors (Lipinski definition) is 13. The maximum absolute atomic E-state index is 12.9. The minimum absolute atomic E-state index is 0.00764. The first-order valence-corrected chi connectivity index (χ1v) is 23.4. The average molecular weight is 1010 g/mol. The molecule has 0 radical (unpaired) electrons. The number of anilines is 2. The number of carbonyl (C=O) groups excluding carboxylic acids is 2. The normalized spacial score (nSPS) is 14.8. The van der Waals surface area contributed by atoms with Crippen molar-refractivity contribution in [3.05, 3.63) is 107 Å². The van der Waals surface area contributed by atoms with Gasteiger partial charge in [-0.15, -0.1) is 0 Å². The van der Waals surface area contributed by atoms with Crippen molar-refractivity contribution in [3.8, 4) is 29.1 Å². The van der Waals surface area contributed by atoms with Crippen LogP contribution < -0.4 is 33.7 Å². The lowest BCUT2D eigenvalue weighted by atomic mass is 9.98. The molecule has 7 rings (SSSR count). The summed E-state index contributed by atoms with van der Waals surface area (Å²) in [5.41, 5.74) is 3.11. The third kappa shape index (κ3) is 20.1. The zero-order chi connectivity index (χ0) is 53.8. The molecule has 0 aromatic heterocycles. The molecule has 0 spiro atoms. The lowest BCUT2D eigenvalue weighted by molar-refractivity contribution is -0.460. The van der Waals surface area contributed by atoms with E-state index >= 15 is 0 Å². The number of benzene rings is 4. The largest absolute Gasteiger partial charge is 0.495 e. The van der Waals surface area contributed by atoms with E-state index in [-0.39, 0.29) is 34.2 Å². The number of carboxylic acids is 2. The number of methoxy groups -OCH3 is 6. The minimum atomic E-state index is -1.10. The molecular weight excluding hydrogens is 935 g/mol. The number of carbonyl (C=O) groups is 4. The number of hydrogen-bond donors (Lipinski definition) is 3. The van der Waals surface area contributed by atoms with Crippen LogP contribution in [-0.4, -0.2) is 116 Å². The van der Waals surface area contributed by atoms with Crippen molar-refractivity contribution < 1.29 is 71.6 Å². The Hall–Kier alpha value is -7.42. The van der Waals surface area contributed by atoms with Crippen LogP contribution in [0.3, 0.4) is 0 Å². The highest BCUT2D eigenvalue weighted by atomic mass is 19.1. The highest BCUT2D eigenvalue weighted by molar-refractivity contribution is 5.91. The predicted octanol–water partition coefficient (Wildman–Crippen LogP) is 8.60. The number of piperidine rings is 2. The first kappa shape index (κ1) is 60.7. The molecule has 72 heavy (non-hydrogen) atoms. The highest BCUT2D eigenvalue weighted by Gasteiger charge is 2.22. The molecule has 392 valence electrons. The number of nitrogens with zero attached hydrogens (tertiary/aromatic N) is 3. The van der Waals surface area contributed by atoms with Gasteiger partial charge in [-0.05, 0) is 116 Å². The second-order valence-electron chi connectivity index (χ2n) is 16.9. The third-order valence-electron chi connectivity index (χ3n) is 11.7. The van der Waals surface area contributed by atoms with Gasteiger partial charge < -0.3 is 48.4 Å². The fraction of sp³-hybridized carbons (Fsp3) is 0.444. The van der Waals surface area contributed by atoms with Gasteiger partial charge in [0.1, 0.15) is 24.3 Å². The lowest BCUT2D eigenvalue weighted by Gasteiger charge is -2.33. The number of nitrogens with one attached hydrogen (secondary N) is 1. The quantitative estimate of drug-likeness (QED) is 0.127. The van der Waals surface area contributed by atoms with Gasteiger partial charge in [-0.2, -0.15) is 5.26 Å². The smallest absolute Gasteiger partial charge is 0.337 e. The van der Waals surface area contributed by atoms with Crippen molar-refractivity contribution in [2.24, 2.45) is 17.8 Å². The molecule has 4 aromatic rings. The molecule has 3 aliphatic heterocycles. The molecule has 18 heteroatoms. The number of nitriles is 1. The number of carboxylic acid groups (broad SMARTS) is 2. The van der Waals surface area contributed by atoms with Crippen molar-refractivity contribution in [2.45, 2.75) is 66.2 Å². The maximum atomic E-state index is 12.9. The van der Waals surface area contributed by atoms with Crippen LogP contribution in [0.1, 0.15) is 108 Å². The fourth-order valence-electron chi connectivity index (χ4n) is 7.29. The average Bonchev–Trinajstić information content (AvgIpc) is 3.39. The van der Waals surface area contributed by atoms with Crippen molar-refractivity contribution >= 4 is 41.5 Å². The van der Waals surface area contributed by atoms with E-state index in [1.807, 2.05) is 12.1 Å². The summed E-state index contributed by atoms with van der Waals surface area (Å²) < 4.78 is 54.8. The van der Waals surface area contributed by atoms with Gasteiger partial charge in [-0.25, -0.2) is 28.0 Å². The molecular formula is C54H71F2N4O12+. The number of aromatic carboxylic acids is 2. The number of halogens is 2. The summed E-state index contributed by atoms with van der Waals surface area (Å²) in [7, 11) is 8.47. The van der Waals surface area contributed by atoms with E-state index in [4.69, 9.17) is 34.4 Å². The van der Waals surface area contributed by atoms with Crippen molar-refractivity contribution in [1.29, 1.82) is 5.26 Å². The van der Waals surface area contributed by atoms with Gasteiger partial charge in [0, 0.05) is 45.9 Å².